The van der Waals surface area contributed by atoms with Crippen LogP contribution in [0, 0.1) is 11.8 Å². The number of fused-ring (bicyclic) bond motifs is 1. The van der Waals surface area contributed by atoms with Crippen LogP contribution in [0.1, 0.15) is 24.9 Å². The second kappa shape index (κ2) is 8.71. The summed E-state index contributed by atoms with van der Waals surface area (Å²) in [4.78, 5) is 31.7. The molecule has 0 radical (unpaired) electrons. The van der Waals surface area contributed by atoms with E-state index >= 15 is 0 Å². The number of nitrogens with zero attached hydrogens (tertiary/aromatic N) is 3. The van der Waals surface area contributed by atoms with Crippen LogP contribution in [-0.2, 0) is 9.59 Å². The molecular formula is C22H32N4O3. The fourth-order valence-electron chi connectivity index (χ4n) is 5.16. The Morgan fingerprint density at radius 3 is 2.45 bits per heavy atom. The number of amides is 2. The van der Waals surface area contributed by atoms with Gasteiger partial charge in [0, 0.05) is 58.2 Å². The number of methoxy groups -OCH3 is 1. The van der Waals surface area contributed by atoms with Crippen molar-refractivity contribution in [2.24, 2.45) is 11.8 Å². The molecule has 3 heterocycles. The summed E-state index contributed by atoms with van der Waals surface area (Å²) >= 11 is 0. The minimum atomic E-state index is 0.0812. The predicted molar refractivity (Wildman–Crippen MR) is 111 cm³/mol. The molecule has 3 aliphatic heterocycles. The number of carbonyl (C=O) groups excluding carboxylic acids is 2. The molecule has 1 aromatic carbocycles. The van der Waals surface area contributed by atoms with Gasteiger partial charge in [0.15, 0.2) is 0 Å². The van der Waals surface area contributed by atoms with Crippen LogP contribution in [0.5, 0.6) is 5.75 Å². The van der Waals surface area contributed by atoms with Crippen molar-refractivity contribution in [1.82, 2.24) is 20.0 Å². The van der Waals surface area contributed by atoms with Crippen molar-refractivity contribution in [3.05, 3.63) is 29.8 Å². The quantitative estimate of drug-likeness (QED) is 0.798. The second-order valence-electron chi connectivity index (χ2n) is 8.37. The zero-order chi connectivity index (χ0) is 20.4. The Kier molecular flexibility index (Phi) is 6.06. The number of hydrogen-bond donors (Lipinski definition) is 1. The van der Waals surface area contributed by atoms with E-state index in [9.17, 15) is 9.59 Å². The van der Waals surface area contributed by atoms with Gasteiger partial charge in [0.1, 0.15) is 5.75 Å². The minimum absolute atomic E-state index is 0.0812. The number of rotatable bonds is 5. The summed E-state index contributed by atoms with van der Waals surface area (Å²) in [5.41, 5.74) is 1.16. The molecule has 1 N–H and O–H groups in total. The van der Waals surface area contributed by atoms with E-state index in [4.69, 9.17) is 4.74 Å². The molecule has 3 atom stereocenters. The van der Waals surface area contributed by atoms with Gasteiger partial charge in [-0.2, -0.15) is 0 Å². The third-order valence-corrected chi connectivity index (χ3v) is 6.65. The summed E-state index contributed by atoms with van der Waals surface area (Å²) < 4.78 is 5.30. The summed E-state index contributed by atoms with van der Waals surface area (Å²) in [6.45, 7) is 8.32. The molecule has 1 aromatic rings. The Labute approximate surface area is 173 Å². The highest BCUT2D eigenvalue weighted by Crippen LogP contribution is 2.45. The van der Waals surface area contributed by atoms with Gasteiger partial charge in [-0.25, -0.2) is 0 Å². The molecule has 0 unspecified atom stereocenters. The smallest absolute Gasteiger partial charge is 0.236 e. The van der Waals surface area contributed by atoms with E-state index < -0.39 is 0 Å². The van der Waals surface area contributed by atoms with Gasteiger partial charge in [0.05, 0.1) is 19.7 Å². The fourth-order valence-corrected chi connectivity index (χ4v) is 5.16. The predicted octanol–water partition coefficient (Wildman–Crippen LogP) is 0.968. The molecule has 29 heavy (non-hydrogen) atoms. The monoisotopic (exact) mass is 400 g/mol. The molecule has 0 saturated carbocycles. The first-order chi connectivity index (χ1) is 14.1. The van der Waals surface area contributed by atoms with Gasteiger partial charge in [-0.3, -0.25) is 14.5 Å². The highest BCUT2D eigenvalue weighted by Gasteiger charge is 2.49. The zero-order valence-corrected chi connectivity index (χ0v) is 17.5. The molecule has 3 saturated heterocycles. The first-order valence-electron chi connectivity index (χ1n) is 10.7. The summed E-state index contributed by atoms with van der Waals surface area (Å²) in [6.07, 6.45) is 0.525. The van der Waals surface area contributed by atoms with Crippen LogP contribution in [0.25, 0.3) is 0 Å². The first-order valence-corrected chi connectivity index (χ1v) is 10.7. The maximum atomic E-state index is 12.7. The number of ether oxygens (including phenoxy) is 1. The molecule has 0 aromatic heterocycles. The Balaban J connectivity index is 1.47. The van der Waals surface area contributed by atoms with E-state index in [-0.39, 0.29) is 17.9 Å². The number of piperazine rings is 1. The van der Waals surface area contributed by atoms with Crippen LogP contribution in [0.2, 0.25) is 0 Å². The SMILES string of the molecule is CCC(=O)N1C[C@@H]2CN(CC(=O)N3CCNCC3)C[C@@H]2[C@@H]1c1ccc(OC)cc1. The summed E-state index contributed by atoms with van der Waals surface area (Å²) in [6, 6.07) is 8.18. The lowest BCUT2D eigenvalue weighted by Crippen LogP contribution is -2.49. The molecule has 7 nitrogen and oxygen atoms in total. The van der Waals surface area contributed by atoms with Crippen LogP contribution in [0.15, 0.2) is 24.3 Å². The lowest BCUT2D eigenvalue weighted by Gasteiger charge is -2.31. The molecule has 3 fully saturated rings. The number of carbonyl (C=O) groups is 2. The van der Waals surface area contributed by atoms with Gasteiger partial charge in [-0.05, 0) is 23.6 Å². The van der Waals surface area contributed by atoms with Crippen molar-refractivity contribution >= 4 is 11.8 Å². The molecule has 0 aliphatic carbocycles. The Morgan fingerprint density at radius 2 is 1.79 bits per heavy atom. The highest BCUT2D eigenvalue weighted by molar-refractivity contribution is 5.78. The molecule has 4 rings (SSSR count). The van der Waals surface area contributed by atoms with Crippen LogP contribution in [0.4, 0.5) is 0 Å². The summed E-state index contributed by atoms with van der Waals surface area (Å²) in [5.74, 6) is 2.06. The maximum absolute atomic E-state index is 12.7. The van der Waals surface area contributed by atoms with E-state index in [1.54, 1.807) is 7.11 Å². The third-order valence-electron chi connectivity index (χ3n) is 6.65. The molecule has 158 valence electrons. The molecule has 0 spiro atoms. The highest BCUT2D eigenvalue weighted by atomic mass is 16.5. The molecule has 2 amide bonds. The van der Waals surface area contributed by atoms with Gasteiger partial charge in [0.25, 0.3) is 0 Å². The largest absolute Gasteiger partial charge is 0.497 e. The van der Waals surface area contributed by atoms with E-state index in [2.05, 4.69) is 27.2 Å². The van der Waals surface area contributed by atoms with Crippen molar-refractivity contribution < 1.29 is 14.3 Å². The van der Waals surface area contributed by atoms with Gasteiger partial charge < -0.3 is 19.9 Å². The standard InChI is InChI=1S/C22H32N4O3/c1-3-20(27)26-13-17-12-24(15-21(28)25-10-8-23-9-11-25)14-19(17)22(26)16-4-6-18(29-2)7-5-16/h4-7,17,19,22-23H,3,8-15H2,1-2H3/t17-,19-,22-/m0/s1. The topological polar surface area (TPSA) is 65.1 Å². The van der Waals surface area contributed by atoms with Gasteiger partial charge in [-0.1, -0.05) is 19.1 Å². The summed E-state index contributed by atoms with van der Waals surface area (Å²) in [5, 5.41) is 3.29. The van der Waals surface area contributed by atoms with Crippen molar-refractivity contribution in [2.45, 2.75) is 19.4 Å². The normalized spacial score (nSPS) is 27.2. The lowest BCUT2D eigenvalue weighted by atomic mass is 9.89. The van der Waals surface area contributed by atoms with Crippen molar-refractivity contribution in [3.8, 4) is 5.75 Å². The number of likely N-dealkylation sites (tertiary alicyclic amines) is 2. The van der Waals surface area contributed by atoms with E-state index in [1.807, 2.05) is 24.0 Å². The van der Waals surface area contributed by atoms with Crippen molar-refractivity contribution in [3.63, 3.8) is 0 Å². The number of benzene rings is 1. The molecule has 7 heteroatoms. The van der Waals surface area contributed by atoms with Crippen molar-refractivity contribution in [2.75, 3.05) is 59.5 Å². The van der Waals surface area contributed by atoms with E-state index in [0.717, 1.165) is 57.1 Å². The molecule has 0 bridgehead atoms. The Hall–Kier alpha value is -2.12. The third kappa shape index (κ3) is 4.12. The number of nitrogens with one attached hydrogen (secondary N) is 1. The molecule has 3 aliphatic rings. The van der Waals surface area contributed by atoms with Gasteiger partial charge in [0.2, 0.25) is 11.8 Å². The minimum Gasteiger partial charge on any atom is -0.497 e. The second-order valence-corrected chi connectivity index (χ2v) is 8.37. The average molecular weight is 401 g/mol. The molecular weight excluding hydrogens is 368 g/mol. The maximum Gasteiger partial charge on any atom is 0.236 e. The fraction of sp³-hybridized carbons (Fsp3) is 0.636. The lowest BCUT2D eigenvalue weighted by molar-refractivity contribution is -0.134. The Bertz CT molecular complexity index is 732. The summed E-state index contributed by atoms with van der Waals surface area (Å²) in [7, 11) is 1.66. The number of hydrogen-bond acceptors (Lipinski definition) is 5. The zero-order valence-electron chi connectivity index (χ0n) is 17.5. The van der Waals surface area contributed by atoms with Gasteiger partial charge in [-0.15, -0.1) is 0 Å². The van der Waals surface area contributed by atoms with Crippen LogP contribution in [0.3, 0.4) is 0 Å². The van der Waals surface area contributed by atoms with Crippen LogP contribution >= 0.6 is 0 Å². The van der Waals surface area contributed by atoms with Crippen LogP contribution < -0.4 is 10.1 Å². The van der Waals surface area contributed by atoms with Gasteiger partial charge >= 0.3 is 0 Å². The Morgan fingerprint density at radius 1 is 1.07 bits per heavy atom. The first kappa shape index (κ1) is 20.2. The van der Waals surface area contributed by atoms with E-state index in [0.29, 0.717) is 24.8 Å². The van der Waals surface area contributed by atoms with E-state index in [1.165, 1.54) is 0 Å². The van der Waals surface area contributed by atoms with Crippen molar-refractivity contribution in [1.29, 1.82) is 0 Å². The van der Waals surface area contributed by atoms with Crippen LogP contribution in [-0.4, -0.2) is 86.0 Å². The average Bonchev–Trinajstić information content (AvgIpc) is 3.31.